The number of carbonyl (C=O) groups is 1. The number of rotatable bonds is 3. The second kappa shape index (κ2) is 5.82. The smallest absolute Gasteiger partial charge is 0.254 e. The van der Waals surface area contributed by atoms with Crippen LogP contribution in [0.25, 0.3) is 0 Å². The molecule has 0 aromatic heterocycles. The lowest BCUT2D eigenvalue weighted by Gasteiger charge is -2.15. The summed E-state index contributed by atoms with van der Waals surface area (Å²) in [6.07, 6.45) is -0.0998. The van der Waals surface area contributed by atoms with E-state index in [1.54, 1.807) is 19.1 Å². The lowest BCUT2D eigenvalue weighted by molar-refractivity contribution is -0.00461. The fourth-order valence-electron chi connectivity index (χ4n) is 2.17. The number of benzene rings is 1. The Morgan fingerprint density at radius 1 is 1.28 bits per heavy atom. The van der Waals surface area contributed by atoms with Gasteiger partial charge < -0.3 is 14.4 Å². The summed E-state index contributed by atoms with van der Waals surface area (Å²) in [6.45, 7) is 1.14. The summed E-state index contributed by atoms with van der Waals surface area (Å²) in [5.41, 5.74) is 0.677. The van der Waals surface area contributed by atoms with Gasteiger partial charge in [0.2, 0.25) is 0 Å². The molecule has 1 aliphatic heterocycles. The fraction of sp³-hybridized carbons (Fsp3) is 0.462. The number of likely N-dealkylation sites (tertiary alicyclic amines) is 1. The molecule has 4 nitrogen and oxygen atoms in total. The predicted octanol–water partition coefficient (Wildman–Crippen LogP) is 1.93. The van der Waals surface area contributed by atoms with Gasteiger partial charge in [0.1, 0.15) is 12.2 Å². The minimum absolute atomic E-state index is 0.0119. The number of hydrogen-bond donors (Lipinski definition) is 0. The van der Waals surface area contributed by atoms with E-state index in [1.165, 1.54) is 0 Å². The largest absolute Gasteiger partial charge is 0.377 e. The van der Waals surface area contributed by atoms with Crippen molar-refractivity contribution in [1.82, 2.24) is 4.90 Å². The molecule has 1 heterocycles. The molecule has 1 aliphatic rings. The number of ether oxygens (including phenoxy) is 2. The first-order valence-electron chi connectivity index (χ1n) is 5.76. The molecule has 1 fully saturated rings. The number of nitrogens with zero attached hydrogens (tertiary/aromatic N) is 1. The molecule has 1 aromatic carbocycles. The molecule has 1 saturated heterocycles. The summed E-state index contributed by atoms with van der Waals surface area (Å²) in [4.78, 5) is 14.1. The zero-order chi connectivity index (χ0) is 13.1. The number of carbonyl (C=O) groups excluding carboxylic acids is 1. The third kappa shape index (κ3) is 2.74. The molecule has 2 atom stereocenters. The van der Waals surface area contributed by atoms with Crippen molar-refractivity contribution in [3.8, 4) is 0 Å². The zero-order valence-corrected chi connectivity index (χ0v) is 12.0. The van der Waals surface area contributed by atoms with Gasteiger partial charge in [0.15, 0.2) is 0 Å². The van der Waals surface area contributed by atoms with Crippen molar-refractivity contribution in [2.45, 2.75) is 12.2 Å². The predicted molar refractivity (Wildman–Crippen MR) is 71.6 cm³/mol. The maximum Gasteiger partial charge on any atom is 0.254 e. The van der Waals surface area contributed by atoms with E-state index in [1.807, 2.05) is 24.3 Å². The molecule has 98 valence electrons. The second-order valence-electron chi connectivity index (χ2n) is 4.27. The minimum atomic E-state index is -0.0499. The highest BCUT2D eigenvalue weighted by molar-refractivity contribution is 9.10. The molecule has 1 aromatic rings. The van der Waals surface area contributed by atoms with Crippen molar-refractivity contribution >= 4 is 21.8 Å². The lowest BCUT2D eigenvalue weighted by atomic mass is 10.2. The first kappa shape index (κ1) is 13.5. The monoisotopic (exact) mass is 313 g/mol. The van der Waals surface area contributed by atoms with Gasteiger partial charge in [0.05, 0.1) is 0 Å². The molecule has 0 radical (unpaired) electrons. The Bertz CT molecular complexity index is 426. The molecule has 0 bridgehead atoms. The molecule has 0 N–H and O–H groups in total. The minimum Gasteiger partial charge on any atom is -0.377 e. The molecule has 0 saturated carbocycles. The van der Waals surface area contributed by atoms with Gasteiger partial charge in [-0.05, 0) is 18.2 Å². The number of amides is 1. The summed E-state index contributed by atoms with van der Waals surface area (Å²) in [5.74, 6) is 0.0119. The third-order valence-corrected chi connectivity index (χ3v) is 3.67. The van der Waals surface area contributed by atoms with Crippen LogP contribution in [0.5, 0.6) is 0 Å². The molecule has 18 heavy (non-hydrogen) atoms. The standard InChI is InChI=1S/C13H16BrNO3/c1-17-11-7-15(8-12(11)18-2)13(16)9-4-3-5-10(14)6-9/h3-6,11-12H,7-8H2,1-2H3. The van der Waals surface area contributed by atoms with Gasteiger partial charge in [0.25, 0.3) is 5.91 Å². The average molecular weight is 314 g/mol. The van der Waals surface area contributed by atoms with Crippen molar-refractivity contribution in [1.29, 1.82) is 0 Å². The normalized spacial score (nSPS) is 23.4. The van der Waals surface area contributed by atoms with Crippen LogP contribution in [0.2, 0.25) is 0 Å². The van der Waals surface area contributed by atoms with Crippen LogP contribution in [-0.4, -0.2) is 50.3 Å². The Hall–Kier alpha value is -0.910. The van der Waals surface area contributed by atoms with Crippen molar-refractivity contribution in [2.24, 2.45) is 0 Å². The zero-order valence-electron chi connectivity index (χ0n) is 10.4. The first-order chi connectivity index (χ1) is 8.65. The van der Waals surface area contributed by atoms with E-state index in [2.05, 4.69) is 15.9 Å². The van der Waals surface area contributed by atoms with E-state index in [0.29, 0.717) is 18.7 Å². The highest BCUT2D eigenvalue weighted by Crippen LogP contribution is 2.20. The van der Waals surface area contributed by atoms with Crippen molar-refractivity contribution in [3.05, 3.63) is 34.3 Å². The van der Waals surface area contributed by atoms with E-state index < -0.39 is 0 Å². The summed E-state index contributed by atoms with van der Waals surface area (Å²) in [5, 5.41) is 0. The number of hydrogen-bond acceptors (Lipinski definition) is 3. The summed E-state index contributed by atoms with van der Waals surface area (Å²) < 4.78 is 11.6. The van der Waals surface area contributed by atoms with E-state index in [4.69, 9.17) is 9.47 Å². The molecular weight excluding hydrogens is 298 g/mol. The van der Waals surface area contributed by atoms with Crippen LogP contribution in [0.1, 0.15) is 10.4 Å². The average Bonchev–Trinajstić information content (AvgIpc) is 2.81. The van der Waals surface area contributed by atoms with Crippen molar-refractivity contribution in [2.75, 3.05) is 27.3 Å². The van der Waals surface area contributed by atoms with Gasteiger partial charge in [-0.2, -0.15) is 0 Å². The van der Waals surface area contributed by atoms with Gasteiger partial charge in [-0.15, -0.1) is 0 Å². The van der Waals surface area contributed by atoms with Crippen LogP contribution in [0.4, 0.5) is 0 Å². The fourth-order valence-corrected chi connectivity index (χ4v) is 2.57. The van der Waals surface area contributed by atoms with Crippen LogP contribution in [0.3, 0.4) is 0 Å². The van der Waals surface area contributed by atoms with Gasteiger partial charge in [-0.25, -0.2) is 0 Å². The summed E-state index contributed by atoms with van der Waals surface area (Å²) in [6, 6.07) is 7.39. The van der Waals surface area contributed by atoms with E-state index in [-0.39, 0.29) is 18.1 Å². The molecule has 1 amide bonds. The Kier molecular flexibility index (Phi) is 4.37. The lowest BCUT2D eigenvalue weighted by Crippen LogP contribution is -2.30. The molecule has 0 aliphatic carbocycles. The number of halogens is 1. The highest BCUT2D eigenvalue weighted by Gasteiger charge is 2.35. The van der Waals surface area contributed by atoms with Crippen molar-refractivity contribution in [3.63, 3.8) is 0 Å². The highest BCUT2D eigenvalue weighted by atomic mass is 79.9. The van der Waals surface area contributed by atoms with Crippen LogP contribution >= 0.6 is 15.9 Å². The summed E-state index contributed by atoms with van der Waals surface area (Å²) in [7, 11) is 3.29. The van der Waals surface area contributed by atoms with Gasteiger partial charge in [-0.1, -0.05) is 22.0 Å². The van der Waals surface area contributed by atoms with Crippen LogP contribution in [0, 0.1) is 0 Å². The van der Waals surface area contributed by atoms with Gasteiger partial charge in [-0.3, -0.25) is 4.79 Å². The number of methoxy groups -OCH3 is 2. The van der Waals surface area contributed by atoms with E-state index >= 15 is 0 Å². The Morgan fingerprint density at radius 2 is 1.89 bits per heavy atom. The molecule has 5 heteroatoms. The van der Waals surface area contributed by atoms with Crippen LogP contribution in [-0.2, 0) is 9.47 Å². The molecule has 2 unspecified atom stereocenters. The molecular formula is C13H16BrNO3. The van der Waals surface area contributed by atoms with Crippen LogP contribution in [0.15, 0.2) is 28.7 Å². The van der Waals surface area contributed by atoms with E-state index in [0.717, 1.165) is 4.47 Å². The Balaban J connectivity index is 2.11. The van der Waals surface area contributed by atoms with Gasteiger partial charge >= 0.3 is 0 Å². The Morgan fingerprint density at radius 3 is 2.39 bits per heavy atom. The topological polar surface area (TPSA) is 38.8 Å². The molecule has 2 rings (SSSR count). The van der Waals surface area contributed by atoms with Gasteiger partial charge in [0, 0.05) is 37.3 Å². The Labute approximate surface area is 115 Å². The SMILES string of the molecule is COC1CN(C(=O)c2cccc(Br)c2)CC1OC. The van der Waals surface area contributed by atoms with Crippen LogP contribution < -0.4 is 0 Å². The maximum absolute atomic E-state index is 12.3. The quantitative estimate of drug-likeness (QED) is 0.856. The molecule has 0 spiro atoms. The van der Waals surface area contributed by atoms with Crippen molar-refractivity contribution < 1.29 is 14.3 Å². The van der Waals surface area contributed by atoms with E-state index in [9.17, 15) is 4.79 Å². The third-order valence-electron chi connectivity index (χ3n) is 3.18. The second-order valence-corrected chi connectivity index (χ2v) is 5.18. The maximum atomic E-state index is 12.3. The summed E-state index contributed by atoms with van der Waals surface area (Å²) >= 11 is 3.37. The first-order valence-corrected chi connectivity index (χ1v) is 6.55.